The van der Waals surface area contributed by atoms with Crippen LogP contribution < -0.4 is 0 Å². The van der Waals surface area contributed by atoms with E-state index in [1.54, 1.807) is 24.3 Å². The standard InChI is InChI=1S/C19H20O5/c1-2-13(17(20)10-6-4-3-5-7-10)23-18(21)15-11-8-12-14(9-11)24-19(22)16(12)15/h3-7,11-16H,2,8-9H2,1H3/t11-,12+,13-,14-,15-,16+/m1/s1. The lowest BCUT2D eigenvalue weighted by Crippen LogP contribution is -2.37. The Morgan fingerprint density at radius 1 is 1.25 bits per heavy atom. The SMILES string of the molecule is CC[C@@H](OC(=O)[C@@H]1[C@@H]2C[C@@H]3[C@@H]1C(=O)O[C@@H]3C2)C(=O)c1ccccc1. The molecule has 2 aliphatic carbocycles. The van der Waals surface area contributed by atoms with E-state index >= 15 is 0 Å². The van der Waals surface area contributed by atoms with E-state index in [2.05, 4.69) is 0 Å². The van der Waals surface area contributed by atoms with Gasteiger partial charge in [-0.1, -0.05) is 37.3 Å². The summed E-state index contributed by atoms with van der Waals surface area (Å²) in [6, 6.07) is 8.84. The van der Waals surface area contributed by atoms with Crippen LogP contribution in [0.5, 0.6) is 0 Å². The molecule has 0 unspecified atom stereocenters. The minimum Gasteiger partial charge on any atom is -0.462 e. The lowest BCUT2D eigenvalue weighted by molar-refractivity contribution is -0.158. The van der Waals surface area contributed by atoms with Gasteiger partial charge in [0.1, 0.15) is 6.10 Å². The van der Waals surface area contributed by atoms with Gasteiger partial charge in [-0.25, -0.2) is 0 Å². The molecule has 3 aliphatic rings. The van der Waals surface area contributed by atoms with Crippen molar-refractivity contribution in [2.75, 3.05) is 0 Å². The topological polar surface area (TPSA) is 69.7 Å². The van der Waals surface area contributed by atoms with Crippen molar-refractivity contribution in [3.63, 3.8) is 0 Å². The van der Waals surface area contributed by atoms with Crippen LogP contribution in [-0.4, -0.2) is 29.9 Å². The highest BCUT2D eigenvalue weighted by Crippen LogP contribution is 2.58. The second-order valence-corrected chi connectivity index (χ2v) is 6.99. The van der Waals surface area contributed by atoms with Gasteiger partial charge in [-0.2, -0.15) is 0 Å². The normalized spacial score (nSPS) is 34.0. The number of hydrogen-bond donors (Lipinski definition) is 0. The highest BCUT2D eigenvalue weighted by molar-refractivity contribution is 6.00. The van der Waals surface area contributed by atoms with E-state index in [1.165, 1.54) is 0 Å². The number of benzene rings is 1. The molecule has 5 nitrogen and oxygen atoms in total. The van der Waals surface area contributed by atoms with Crippen molar-refractivity contribution >= 4 is 17.7 Å². The van der Waals surface area contributed by atoms with Gasteiger partial charge in [0.15, 0.2) is 6.10 Å². The predicted molar refractivity (Wildman–Crippen MR) is 84.0 cm³/mol. The molecule has 0 spiro atoms. The third kappa shape index (κ3) is 2.26. The zero-order chi connectivity index (χ0) is 16.8. The van der Waals surface area contributed by atoms with Crippen LogP contribution in [0.25, 0.3) is 0 Å². The van der Waals surface area contributed by atoms with Gasteiger partial charge in [0.25, 0.3) is 0 Å². The average molecular weight is 328 g/mol. The van der Waals surface area contributed by atoms with Gasteiger partial charge in [-0.05, 0) is 25.2 Å². The minimum atomic E-state index is -0.799. The Morgan fingerprint density at radius 2 is 2.00 bits per heavy atom. The quantitative estimate of drug-likeness (QED) is 0.613. The van der Waals surface area contributed by atoms with Crippen LogP contribution in [0.15, 0.2) is 30.3 Å². The van der Waals surface area contributed by atoms with Crippen molar-refractivity contribution in [1.82, 2.24) is 0 Å². The van der Waals surface area contributed by atoms with Crippen molar-refractivity contribution in [3.8, 4) is 0 Å². The maximum Gasteiger partial charge on any atom is 0.310 e. The fraction of sp³-hybridized carbons (Fsp3) is 0.526. The average Bonchev–Trinajstić information content (AvgIpc) is 3.21. The molecule has 1 aromatic carbocycles. The molecule has 0 aromatic heterocycles. The first-order chi connectivity index (χ1) is 11.6. The largest absolute Gasteiger partial charge is 0.462 e. The van der Waals surface area contributed by atoms with Crippen molar-refractivity contribution in [2.24, 2.45) is 23.7 Å². The zero-order valence-electron chi connectivity index (χ0n) is 13.5. The molecule has 126 valence electrons. The lowest BCUT2D eigenvalue weighted by atomic mass is 9.80. The summed E-state index contributed by atoms with van der Waals surface area (Å²) in [7, 11) is 0. The van der Waals surface area contributed by atoms with Gasteiger partial charge in [0.2, 0.25) is 5.78 Å². The van der Waals surface area contributed by atoms with E-state index in [1.807, 2.05) is 13.0 Å². The summed E-state index contributed by atoms with van der Waals surface area (Å²) < 4.78 is 10.9. The Labute approximate surface area is 140 Å². The predicted octanol–water partition coefficient (Wildman–Crippen LogP) is 2.39. The molecular formula is C19H20O5. The second kappa shape index (κ2) is 5.72. The molecule has 2 saturated carbocycles. The highest BCUT2D eigenvalue weighted by Gasteiger charge is 2.64. The van der Waals surface area contributed by atoms with Crippen LogP contribution in [-0.2, 0) is 19.1 Å². The van der Waals surface area contributed by atoms with Gasteiger partial charge in [-0.3, -0.25) is 14.4 Å². The van der Waals surface area contributed by atoms with Gasteiger partial charge in [0, 0.05) is 11.5 Å². The molecule has 6 atom stereocenters. The van der Waals surface area contributed by atoms with E-state index in [0.29, 0.717) is 12.0 Å². The number of rotatable bonds is 5. The summed E-state index contributed by atoms with van der Waals surface area (Å²) in [5, 5.41) is 0. The number of esters is 2. The maximum absolute atomic E-state index is 12.7. The minimum absolute atomic E-state index is 0.00975. The number of ketones is 1. The van der Waals surface area contributed by atoms with Crippen LogP contribution in [0.2, 0.25) is 0 Å². The molecule has 24 heavy (non-hydrogen) atoms. The first-order valence-corrected chi connectivity index (χ1v) is 8.60. The number of carbonyl (C=O) groups excluding carboxylic acids is 3. The number of hydrogen-bond acceptors (Lipinski definition) is 5. The molecule has 0 N–H and O–H groups in total. The molecular weight excluding hydrogens is 308 g/mol. The molecule has 1 aromatic rings. The van der Waals surface area contributed by atoms with Gasteiger partial charge in [-0.15, -0.1) is 0 Å². The summed E-state index contributed by atoms with van der Waals surface area (Å²) >= 11 is 0. The molecule has 3 fully saturated rings. The van der Waals surface area contributed by atoms with Crippen molar-refractivity contribution in [1.29, 1.82) is 0 Å². The fourth-order valence-electron chi connectivity index (χ4n) is 4.65. The van der Waals surface area contributed by atoms with Crippen LogP contribution in [0, 0.1) is 23.7 Å². The Morgan fingerprint density at radius 3 is 2.71 bits per heavy atom. The van der Waals surface area contributed by atoms with Crippen LogP contribution >= 0.6 is 0 Å². The molecule has 0 radical (unpaired) electrons. The first-order valence-electron chi connectivity index (χ1n) is 8.60. The summed E-state index contributed by atoms with van der Waals surface area (Å²) in [5.41, 5.74) is 0.533. The van der Waals surface area contributed by atoms with Crippen molar-refractivity contribution in [2.45, 2.75) is 38.4 Å². The molecule has 1 heterocycles. The molecule has 4 rings (SSSR count). The molecule has 1 aliphatic heterocycles. The Kier molecular flexibility index (Phi) is 3.66. The maximum atomic E-state index is 12.7. The Bertz CT molecular complexity index is 680. The van der Waals surface area contributed by atoms with Gasteiger partial charge in [0.05, 0.1) is 11.8 Å². The van der Waals surface area contributed by atoms with Crippen LogP contribution in [0.3, 0.4) is 0 Å². The Balaban J connectivity index is 1.49. The number of Topliss-reactive ketones (excluding diaryl/α,β-unsaturated/α-hetero) is 1. The monoisotopic (exact) mass is 328 g/mol. The molecule has 2 bridgehead atoms. The number of ether oxygens (including phenoxy) is 2. The van der Waals surface area contributed by atoms with Crippen LogP contribution in [0.4, 0.5) is 0 Å². The Hall–Kier alpha value is -2.17. The van der Waals surface area contributed by atoms with Crippen LogP contribution in [0.1, 0.15) is 36.5 Å². The number of carbonyl (C=O) groups is 3. The molecule has 5 heteroatoms. The number of fused-ring (bicyclic) bond motifs is 1. The van der Waals surface area contributed by atoms with Gasteiger partial charge >= 0.3 is 11.9 Å². The molecule has 0 amide bonds. The highest BCUT2D eigenvalue weighted by atomic mass is 16.6. The third-order valence-corrected chi connectivity index (χ3v) is 5.74. The van der Waals surface area contributed by atoms with E-state index in [4.69, 9.17) is 9.47 Å². The smallest absolute Gasteiger partial charge is 0.310 e. The molecule has 1 saturated heterocycles. The fourth-order valence-corrected chi connectivity index (χ4v) is 4.65. The second-order valence-electron chi connectivity index (χ2n) is 6.99. The van der Waals surface area contributed by atoms with Crippen molar-refractivity contribution < 1.29 is 23.9 Å². The summed E-state index contributed by atoms with van der Waals surface area (Å²) in [6.45, 7) is 1.82. The first kappa shape index (κ1) is 15.4. The van der Waals surface area contributed by atoms with E-state index < -0.39 is 18.0 Å². The third-order valence-electron chi connectivity index (χ3n) is 5.74. The lowest BCUT2D eigenvalue weighted by Gasteiger charge is -2.25. The van der Waals surface area contributed by atoms with E-state index in [0.717, 1.165) is 12.8 Å². The van der Waals surface area contributed by atoms with E-state index in [9.17, 15) is 14.4 Å². The van der Waals surface area contributed by atoms with Crippen molar-refractivity contribution in [3.05, 3.63) is 35.9 Å². The van der Waals surface area contributed by atoms with Gasteiger partial charge < -0.3 is 9.47 Å². The van der Waals surface area contributed by atoms with E-state index in [-0.39, 0.29) is 35.6 Å². The summed E-state index contributed by atoms with van der Waals surface area (Å²) in [6.07, 6.45) is 1.20. The zero-order valence-corrected chi connectivity index (χ0v) is 13.5. The summed E-state index contributed by atoms with van der Waals surface area (Å²) in [5.74, 6) is -1.39. The summed E-state index contributed by atoms with van der Waals surface area (Å²) in [4.78, 5) is 37.3.